The molecule has 3 aromatic rings. The third-order valence-electron chi connectivity index (χ3n) is 7.43. The summed E-state index contributed by atoms with van der Waals surface area (Å²) in [7, 11) is 3.21. The smallest absolute Gasteiger partial charge is 0.255 e. The average Bonchev–Trinajstić information content (AvgIpc) is 3.65. The van der Waals surface area contributed by atoms with Crippen molar-refractivity contribution in [3.63, 3.8) is 0 Å². The van der Waals surface area contributed by atoms with Gasteiger partial charge < -0.3 is 23.8 Å². The Morgan fingerprint density at radius 1 is 1.00 bits per heavy atom. The molecule has 1 saturated carbocycles. The Morgan fingerprint density at radius 3 is 2.46 bits per heavy atom. The van der Waals surface area contributed by atoms with Gasteiger partial charge in [0.05, 0.1) is 31.0 Å². The van der Waals surface area contributed by atoms with Crippen molar-refractivity contribution in [1.29, 1.82) is 0 Å². The monoisotopic (exact) mass is 475 g/mol. The summed E-state index contributed by atoms with van der Waals surface area (Å²) < 4.78 is 28.2. The average molecular weight is 476 g/mol. The molecule has 6 rings (SSSR count). The molecule has 0 spiro atoms. The van der Waals surface area contributed by atoms with E-state index in [1.54, 1.807) is 26.4 Å². The molecule has 2 aromatic carbocycles. The van der Waals surface area contributed by atoms with Crippen LogP contribution in [0.5, 0.6) is 11.5 Å². The molecule has 182 valence electrons. The molecule has 2 aliphatic heterocycles. The van der Waals surface area contributed by atoms with E-state index in [9.17, 15) is 9.18 Å². The zero-order valence-corrected chi connectivity index (χ0v) is 20.2. The van der Waals surface area contributed by atoms with Gasteiger partial charge in [-0.15, -0.1) is 0 Å². The minimum Gasteiger partial charge on any atom is -0.493 e. The minimum atomic E-state index is -0.275. The number of hydrogen-bond acceptors (Lipinski definition) is 4. The number of likely N-dealkylation sites (tertiary alicyclic amines) is 1. The van der Waals surface area contributed by atoms with E-state index in [0.29, 0.717) is 29.7 Å². The molecule has 7 heteroatoms. The number of nitrogens with zero attached hydrogens (tertiary/aromatic N) is 3. The fourth-order valence-corrected chi connectivity index (χ4v) is 5.47. The molecule has 2 fully saturated rings. The van der Waals surface area contributed by atoms with Crippen molar-refractivity contribution in [1.82, 2.24) is 9.47 Å². The second-order valence-electron chi connectivity index (χ2n) is 9.70. The van der Waals surface area contributed by atoms with Gasteiger partial charge in [0.2, 0.25) is 0 Å². The number of fused-ring (bicyclic) bond motifs is 2. The number of carbonyl (C=O) groups excluding carboxylic acids is 1. The number of amides is 1. The van der Waals surface area contributed by atoms with Gasteiger partial charge in [0.25, 0.3) is 5.91 Å². The fourth-order valence-electron chi connectivity index (χ4n) is 5.47. The van der Waals surface area contributed by atoms with Crippen molar-refractivity contribution in [2.24, 2.45) is 0 Å². The number of ether oxygens (including phenoxy) is 2. The van der Waals surface area contributed by atoms with Crippen LogP contribution in [0.25, 0.3) is 16.5 Å². The van der Waals surface area contributed by atoms with Gasteiger partial charge in [-0.1, -0.05) is 0 Å². The molecule has 3 heterocycles. The predicted octanol–water partition coefficient (Wildman–Crippen LogP) is 5.51. The van der Waals surface area contributed by atoms with E-state index in [1.165, 1.54) is 0 Å². The Bertz CT molecular complexity index is 1330. The second kappa shape index (κ2) is 8.63. The van der Waals surface area contributed by atoms with Crippen LogP contribution in [-0.4, -0.2) is 42.7 Å². The quantitative estimate of drug-likeness (QED) is 0.489. The molecule has 0 unspecified atom stereocenters. The first-order chi connectivity index (χ1) is 17.1. The molecule has 0 N–H and O–H groups in total. The molecular weight excluding hydrogens is 445 g/mol. The van der Waals surface area contributed by atoms with Gasteiger partial charge in [0, 0.05) is 43.5 Å². The van der Waals surface area contributed by atoms with Crippen LogP contribution in [0.3, 0.4) is 0 Å². The lowest BCUT2D eigenvalue weighted by atomic mass is 9.93. The number of rotatable bonds is 5. The molecule has 0 bridgehead atoms. The molecule has 0 atom stereocenters. The van der Waals surface area contributed by atoms with Crippen LogP contribution in [0.15, 0.2) is 42.7 Å². The van der Waals surface area contributed by atoms with Crippen molar-refractivity contribution in [2.75, 3.05) is 32.2 Å². The molecular formula is C28H30FN3O3. The number of anilines is 1. The molecule has 1 saturated heterocycles. The summed E-state index contributed by atoms with van der Waals surface area (Å²) >= 11 is 0. The summed E-state index contributed by atoms with van der Waals surface area (Å²) in [5, 5.41) is 0.989. The maximum absolute atomic E-state index is 14.9. The summed E-state index contributed by atoms with van der Waals surface area (Å²) in [5.74, 6) is 0.934. The lowest BCUT2D eigenvalue weighted by molar-refractivity contribution is -0.125. The van der Waals surface area contributed by atoms with Gasteiger partial charge in [0.1, 0.15) is 5.82 Å². The van der Waals surface area contributed by atoms with Gasteiger partial charge in [-0.2, -0.15) is 0 Å². The predicted molar refractivity (Wildman–Crippen MR) is 134 cm³/mol. The maximum atomic E-state index is 14.9. The Kier molecular flexibility index (Phi) is 5.43. The van der Waals surface area contributed by atoms with E-state index in [2.05, 4.69) is 16.8 Å². The van der Waals surface area contributed by atoms with Crippen molar-refractivity contribution in [3.8, 4) is 11.5 Å². The Labute approximate surface area is 204 Å². The SMILES string of the molecule is COc1cc2c(cc1OC)C(C(=O)N1CCCCC1)=CN(c1cc(F)cc3c1ccn3C1CC1)C2. The number of carbonyl (C=O) groups is 1. The second-order valence-corrected chi connectivity index (χ2v) is 9.70. The van der Waals surface area contributed by atoms with E-state index in [-0.39, 0.29) is 11.7 Å². The molecule has 1 aliphatic carbocycles. The summed E-state index contributed by atoms with van der Waals surface area (Å²) in [6, 6.07) is 9.53. The molecule has 35 heavy (non-hydrogen) atoms. The normalized spacial score (nSPS) is 17.9. The number of halogens is 1. The topological polar surface area (TPSA) is 46.9 Å². The Morgan fingerprint density at radius 2 is 1.74 bits per heavy atom. The van der Waals surface area contributed by atoms with Crippen molar-refractivity contribution < 1.29 is 18.7 Å². The van der Waals surface area contributed by atoms with Crippen molar-refractivity contribution in [2.45, 2.75) is 44.7 Å². The van der Waals surface area contributed by atoms with Crippen LogP contribution in [0.1, 0.15) is 49.3 Å². The number of aromatic nitrogens is 1. The molecule has 1 amide bonds. The van der Waals surface area contributed by atoms with E-state index in [4.69, 9.17) is 9.47 Å². The standard InChI is InChI=1S/C28H30FN3O3/c1-34-26-12-18-16-31(24-13-19(29)14-25-21(24)8-11-32(25)20-6-7-20)17-23(22(18)15-27(26)35-2)28(33)30-9-4-3-5-10-30/h8,11-15,17,20H,3-7,9-10,16H2,1-2H3. The number of benzene rings is 2. The third-order valence-corrected chi connectivity index (χ3v) is 7.43. The molecule has 6 nitrogen and oxygen atoms in total. The van der Waals surface area contributed by atoms with Crippen LogP contribution in [-0.2, 0) is 11.3 Å². The summed E-state index contributed by atoms with van der Waals surface area (Å²) in [6.45, 7) is 2.01. The number of hydrogen-bond donors (Lipinski definition) is 0. The highest BCUT2D eigenvalue weighted by atomic mass is 19.1. The highest BCUT2D eigenvalue weighted by Gasteiger charge is 2.31. The van der Waals surface area contributed by atoms with Gasteiger partial charge >= 0.3 is 0 Å². The van der Waals surface area contributed by atoms with E-state index < -0.39 is 0 Å². The van der Waals surface area contributed by atoms with Crippen LogP contribution in [0.2, 0.25) is 0 Å². The van der Waals surface area contributed by atoms with Gasteiger partial charge in [-0.25, -0.2) is 4.39 Å². The van der Waals surface area contributed by atoms with E-state index in [0.717, 1.165) is 72.9 Å². The lowest BCUT2D eigenvalue weighted by Gasteiger charge is -2.33. The summed E-state index contributed by atoms with van der Waals surface area (Å²) in [5.41, 5.74) is 4.07. The lowest BCUT2D eigenvalue weighted by Crippen LogP contribution is -2.37. The fraction of sp³-hybridized carbons (Fsp3) is 0.393. The largest absolute Gasteiger partial charge is 0.493 e. The molecule has 1 aromatic heterocycles. The third kappa shape index (κ3) is 3.83. The first-order valence-electron chi connectivity index (χ1n) is 12.4. The van der Waals surface area contributed by atoms with E-state index in [1.807, 2.05) is 28.1 Å². The minimum absolute atomic E-state index is 0.00562. The van der Waals surface area contributed by atoms with Crippen molar-refractivity contribution in [3.05, 3.63) is 59.7 Å². The van der Waals surface area contributed by atoms with Crippen LogP contribution in [0.4, 0.5) is 10.1 Å². The Balaban J connectivity index is 1.49. The van der Waals surface area contributed by atoms with E-state index >= 15 is 0 Å². The summed E-state index contributed by atoms with van der Waals surface area (Å²) in [4.78, 5) is 17.7. The highest BCUT2D eigenvalue weighted by molar-refractivity contribution is 6.21. The van der Waals surface area contributed by atoms with Crippen molar-refractivity contribution >= 4 is 28.1 Å². The molecule has 0 radical (unpaired) electrons. The highest BCUT2D eigenvalue weighted by Crippen LogP contribution is 2.43. The zero-order chi connectivity index (χ0) is 24.1. The summed E-state index contributed by atoms with van der Waals surface area (Å²) in [6.07, 6.45) is 9.39. The first kappa shape index (κ1) is 22.0. The van der Waals surface area contributed by atoms with Gasteiger partial charge in [-0.05, 0) is 73.6 Å². The number of piperidine rings is 1. The van der Waals surface area contributed by atoms with Crippen LogP contribution < -0.4 is 14.4 Å². The van der Waals surface area contributed by atoms with Crippen LogP contribution >= 0.6 is 0 Å². The van der Waals surface area contributed by atoms with Crippen LogP contribution in [0, 0.1) is 5.82 Å². The van der Waals surface area contributed by atoms with Gasteiger partial charge in [0.15, 0.2) is 11.5 Å². The Hall–Kier alpha value is -3.48. The first-order valence-corrected chi connectivity index (χ1v) is 12.4. The van der Waals surface area contributed by atoms with Gasteiger partial charge in [-0.3, -0.25) is 4.79 Å². The zero-order valence-electron chi connectivity index (χ0n) is 20.2. The maximum Gasteiger partial charge on any atom is 0.255 e. The number of methoxy groups -OCH3 is 2. The molecule has 3 aliphatic rings.